The van der Waals surface area contributed by atoms with Gasteiger partial charge in [0.1, 0.15) is 23.0 Å². The first kappa shape index (κ1) is 26.6. The Morgan fingerprint density at radius 1 is 0.895 bits per heavy atom. The second-order valence-electron chi connectivity index (χ2n) is 8.39. The van der Waals surface area contributed by atoms with Crippen molar-refractivity contribution in [2.24, 2.45) is 0 Å². The quantitative estimate of drug-likeness (QED) is 0.241. The van der Waals surface area contributed by atoms with Gasteiger partial charge in [0.2, 0.25) is 0 Å². The molecule has 10 heteroatoms. The first-order valence-corrected chi connectivity index (χ1v) is 11.7. The zero-order valence-corrected chi connectivity index (χ0v) is 21.5. The van der Waals surface area contributed by atoms with Crippen LogP contribution >= 0.6 is 11.6 Å². The molecular formula is C28H24ClNO8. The molecule has 1 unspecified atom stereocenters. The van der Waals surface area contributed by atoms with E-state index in [0.717, 1.165) is 0 Å². The van der Waals surface area contributed by atoms with Gasteiger partial charge in [-0.15, -0.1) is 0 Å². The maximum Gasteiger partial charge on any atom is 0.335 e. The molecule has 0 spiro atoms. The van der Waals surface area contributed by atoms with E-state index in [1.165, 1.54) is 50.5 Å². The standard InChI is InChI=1S/C28H24ClNO8/c1-36-18-10-8-16(9-11-18)24-23(25(31)19-12-20(29)22(38-3)13-21(19)37-2)26(32)27(33)30(24)14-15-4-6-17(7-5-15)28(34)35/h4-13,24,31H,14H2,1-3H3,(H,34,35)/b25-23+. The smallest absolute Gasteiger partial charge is 0.335 e. The molecule has 4 rings (SSSR count). The highest BCUT2D eigenvalue weighted by Crippen LogP contribution is 2.43. The lowest BCUT2D eigenvalue weighted by Crippen LogP contribution is -2.29. The van der Waals surface area contributed by atoms with Crippen molar-refractivity contribution in [1.29, 1.82) is 0 Å². The van der Waals surface area contributed by atoms with Gasteiger partial charge < -0.3 is 29.3 Å². The highest BCUT2D eigenvalue weighted by Gasteiger charge is 2.46. The number of halogens is 1. The van der Waals surface area contributed by atoms with Crippen LogP contribution in [-0.4, -0.2) is 54.1 Å². The number of ketones is 1. The fourth-order valence-electron chi connectivity index (χ4n) is 4.32. The van der Waals surface area contributed by atoms with Gasteiger partial charge in [-0.3, -0.25) is 9.59 Å². The highest BCUT2D eigenvalue weighted by molar-refractivity contribution is 6.46. The Kier molecular flexibility index (Phi) is 7.59. The number of carboxylic acid groups (broad SMARTS) is 1. The Hall–Kier alpha value is -4.50. The maximum atomic E-state index is 13.4. The van der Waals surface area contributed by atoms with Crippen LogP contribution in [0.15, 0.2) is 66.2 Å². The van der Waals surface area contributed by atoms with E-state index in [1.807, 2.05) is 0 Å². The van der Waals surface area contributed by atoms with E-state index >= 15 is 0 Å². The molecule has 2 N–H and O–H groups in total. The summed E-state index contributed by atoms with van der Waals surface area (Å²) < 4.78 is 15.9. The number of ether oxygens (including phenoxy) is 3. The van der Waals surface area contributed by atoms with E-state index in [1.54, 1.807) is 36.4 Å². The third kappa shape index (κ3) is 4.88. The molecule has 0 bridgehead atoms. The van der Waals surface area contributed by atoms with Crippen LogP contribution in [0.3, 0.4) is 0 Å². The molecule has 0 aromatic heterocycles. The molecule has 38 heavy (non-hydrogen) atoms. The van der Waals surface area contributed by atoms with Crippen LogP contribution in [0.4, 0.5) is 0 Å². The number of amides is 1. The number of hydrogen-bond acceptors (Lipinski definition) is 7. The van der Waals surface area contributed by atoms with E-state index in [9.17, 15) is 24.6 Å². The van der Waals surface area contributed by atoms with Crippen LogP contribution < -0.4 is 14.2 Å². The van der Waals surface area contributed by atoms with Gasteiger partial charge in [0, 0.05) is 12.6 Å². The zero-order valence-electron chi connectivity index (χ0n) is 20.7. The molecule has 1 fully saturated rings. The van der Waals surface area contributed by atoms with Crippen molar-refractivity contribution in [2.75, 3.05) is 21.3 Å². The molecule has 1 amide bonds. The summed E-state index contributed by atoms with van der Waals surface area (Å²) >= 11 is 6.30. The van der Waals surface area contributed by atoms with E-state index in [0.29, 0.717) is 22.6 Å². The Bertz CT molecular complexity index is 1430. The fourth-order valence-corrected chi connectivity index (χ4v) is 4.56. The summed E-state index contributed by atoms with van der Waals surface area (Å²) in [7, 11) is 4.33. The van der Waals surface area contributed by atoms with Crippen LogP contribution in [0.5, 0.6) is 17.2 Å². The molecule has 196 valence electrons. The van der Waals surface area contributed by atoms with Gasteiger partial charge in [-0.25, -0.2) is 4.79 Å². The van der Waals surface area contributed by atoms with E-state index in [-0.39, 0.29) is 34.0 Å². The first-order chi connectivity index (χ1) is 18.2. The molecule has 0 saturated carbocycles. The van der Waals surface area contributed by atoms with Crippen molar-refractivity contribution in [3.8, 4) is 17.2 Å². The average Bonchev–Trinajstić information content (AvgIpc) is 3.17. The van der Waals surface area contributed by atoms with Crippen molar-refractivity contribution in [3.05, 3.63) is 93.5 Å². The predicted molar refractivity (Wildman–Crippen MR) is 139 cm³/mol. The van der Waals surface area contributed by atoms with E-state index in [2.05, 4.69) is 0 Å². The monoisotopic (exact) mass is 537 g/mol. The molecule has 1 saturated heterocycles. The van der Waals surface area contributed by atoms with Gasteiger partial charge in [-0.1, -0.05) is 35.9 Å². The summed E-state index contributed by atoms with van der Waals surface area (Å²) in [4.78, 5) is 39.2. The lowest BCUT2D eigenvalue weighted by molar-refractivity contribution is -0.140. The summed E-state index contributed by atoms with van der Waals surface area (Å²) in [6.07, 6.45) is 0. The Morgan fingerprint density at radius 2 is 1.53 bits per heavy atom. The number of nitrogens with zero attached hydrogens (tertiary/aromatic N) is 1. The van der Waals surface area contributed by atoms with E-state index in [4.69, 9.17) is 25.8 Å². The minimum absolute atomic E-state index is 0.0154. The normalized spacial score (nSPS) is 16.4. The second kappa shape index (κ2) is 10.9. The van der Waals surface area contributed by atoms with Crippen LogP contribution in [0.25, 0.3) is 5.76 Å². The first-order valence-electron chi connectivity index (χ1n) is 11.4. The summed E-state index contributed by atoms with van der Waals surface area (Å²) in [5.41, 5.74) is 1.20. The molecular weight excluding hydrogens is 514 g/mol. The molecule has 3 aromatic carbocycles. The molecule has 1 aliphatic heterocycles. The number of carbonyl (C=O) groups excluding carboxylic acids is 2. The number of carbonyl (C=O) groups is 3. The van der Waals surface area contributed by atoms with Gasteiger partial charge in [0.25, 0.3) is 11.7 Å². The SMILES string of the molecule is COc1ccc(C2/C(=C(\O)c3cc(Cl)c(OC)cc3OC)C(=O)C(=O)N2Cc2ccc(C(=O)O)cc2)cc1. The number of aliphatic hydroxyl groups excluding tert-OH is 1. The largest absolute Gasteiger partial charge is 0.507 e. The average molecular weight is 538 g/mol. The lowest BCUT2D eigenvalue weighted by Gasteiger charge is -2.26. The number of aromatic carboxylic acids is 1. The fraction of sp³-hybridized carbons (Fsp3) is 0.179. The third-order valence-electron chi connectivity index (χ3n) is 6.25. The van der Waals surface area contributed by atoms with Gasteiger partial charge in [0.05, 0.1) is 49.1 Å². The van der Waals surface area contributed by atoms with Crippen molar-refractivity contribution < 1.29 is 38.8 Å². The number of methoxy groups -OCH3 is 3. The minimum atomic E-state index is -1.08. The predicted octanol–water partition coefficient (Wildman–Crippen LogP) is 4.69. The van der Waals surface area contributed by atoms with Crippen LogP contribution in [-0.2, 0) is 16.1 Å². The molecule has 1 aliphatic rings. The Balaban J connectivity index is 1.87. The minimum Gasteiger partial charge on any atom is -0.507 e. The number of Topliss-reactive ketones (excluding diaryl/α,β-unsaturated/α-hetero) is 1. The number of aliphatic hydroxyl groups is 1. The summed E-state index contributed by atoms with van der Waals surface area (Å²) in [6.45, 7) is -0.0154. The highest BCUT2D eigenvalue weighted by atomic mass is 35.5. The summed E-state index contributed by atoms with van der Waals surface area (Å²) in [5.74, 6) is -2.20. The number of rotatable bonds is 8. The Labute approximate surface area is 223 Å². The van der Waals surface area contributed by atoms with Crippen LogP contribution in [0.2, 0.25) is 5.02 Å². The number of carboxylic acids is 1. The van der Waals surface area contributed by atoms with Gasteiger partial charge in [-0.2, -0.15) is 0 Å². The molecule has 3 aromatic rings. The van der Waals surface area contributed by atoms with Crippen LogP contribution in [0.1, 0.15) is 33.1 Å². The van der Waals surface area contributed by atoms with E-state index < -0.39 is 29.5 Å². The molecule has 9 nitrogen and oxygen atoms in total. The second-order valence-corrected chi connectivity index (χ2v) is 8.80. The molecule has 1 heterocycles. The zero-order chi connectivity index (χ0) is 27.6. The van der Waals surface area contributed by atoms with Crippen LogP contribution in [0, 0.1) is 0 Å². The van der Waals surface area contributed by atoms with Crippen molar-refractivity contribution in [3.63, 3.8) is 0 Å². The van der Waals surface area contributed by atoms with Crippen molar-refractivity contribution in [2.45, 2.75) is 12.6 Å². The lowest BCUT2D eigenvalue weighted by atomic mass is 9.94. The summed E-state index contributed by atoms with van der Waals surface area (Å²) in [5, 5.41) is 20.8. The Morgan fingerprint density at radius 3 is 2.08 bits per heavy atom. The van der Waals surface area contributed by atoms with Gasteiger partial charge in [0.15, 0.2) is 0 Å². The summed E-state index contributed by atoms with van der Waals surface area (Å²) in [6, 6.07) is 14.6. The molecule has 0 aliphatic carbocycles. The number of hydrogen-bond donors (Lipinski definition) is 2. The molecule has 1 atom stereocenters. The van der Waals surface area contributed by atoms with Gasteiger partial charge in [-0.05, 0) is 41.5 Å². The number of benzene rings is 3. The number of likely N-dealkylation sites (tertiary alicyclic amines) is 1. The van der Waals surface area contributed by atoms with Crippen molar-refractivity contribution >= 4 is 35.0 Å². The molecule has 0 radical (unpaired) electrons. The topological polar surface area (TPSA) is 123 Å². The van der Waals surface area contributed by atoms with Crippen molar-refractivity contribution in [1.82, 2.24) is 4.90 Å². The third-order valence-corrected chi connectivity index (χ3v) is 6.55. The maximum absolute atomic E-state index is 13.4. The van der Waals surface area contributed by atoms with Gasteiger partial charge >= 0.3 is 5.97 Å².